The molecule has 4 aromatic rings. The van der Waals surface area contributed by atoms with E-state index in [0.717, 1.165) is 4.90 Å². The summed E-state index contributed by atoms with van der Waals surface area (Å²) in [7, 11) is -3.82. The second kappa shape index (κ2) is 14.7. The van der Waals surface area contributed by atoms with Crippen LogP contribution in [0.3, 0.4) is 0 Å². The largest absolute Gasteiger partial charge is 0.451 e. The first-order valence-electron chi connectivity index (χ1n) is 14.5. The maximum atomic E-state index is 16.6. The van der Waals surface area contributed by atoms with Gasteiger partial charge in [-0.15, -0.1) is 11.8 Å². The van der Waals surface area contributed by atoms with Gasteiger partial charge in [0, 0.05) is 18.2 Å². The number of hydrogen-bond acceptors (Lipinski definition) is 11. The lowest BCUT2D eigenvalue weighted by atomic mass is 10.1. The molecule has 1 saturated heterocycles. The van der Waals surface area contributed by atoms with E-state index in [9.17, 15) is 18.9 Å². The molecule has 5 unspecified atom stereocenters. The number of carbonyl (C=O) groups is 2. The molecule has 5 atom stereocenters. The number of aromatic nitrogens is 4. The van der Waals surface area contributed by atoms with Gasteiger partial charge in [0.1, 0.15) is 4.99 Å². The molecular formula is C30H33FN5O8PS. The minimum Gasteiger partial charge on any atom is -0.451 e. The van der Waals surface area contributed by atoms with Crippen LogP contribution in [0.1, 0.15) is 43.8 Å². The maximum absolute atomic E-state index is 16.6. The van der Waals surface area contributed by atoms with Gasteiger partial charge in [0.05, 0.1) is 31.2 Å². The van der Waals surface area contributed by atoms with Crippen molar-refractivity contribution in [2.24, 2.45) is 0 Å². The van der Waals surface area contributed by atoms with Crippen LogP contribution in [0.15, 0.2) is 76.7 Å². The average Bonchev–Trinajstić information content (AvgIpc) is 3.58. The molecule has 1 aliphatic heterocycles. The van der Waals surface area contributed by atoms with Crippen LogP contribution in [0.2, 0.25) is 0 Å². The zero-order valence-electron chi connectivity index (χ0n) is 25.2. The monoisotopic (exact) mass is 673 g/mol. The van der Waals surface area contributed by atoms with Crippen molar-refractivity contribution in [2.45, 2.75) is 61.7 Å². The Kier molecular flexibility index (Phi) is 10.7. The summed E-state index contributed by atoms with van der Waals surface area (Å²) < 4.78 is 55.2. The molecule has 0 saturated carbocycles. The number of alkyl halides is 1. The van der Waals surface area contributed by atoms with Crippen molar-refractivity contribution >= 4 is 48.3 Å². The summed E-state index contributed by atoms with van der Waals surface area (Å²) in [4.78, 5) is 48.3. The number of amides is 1. The van der Waals surface area contributed by atoms with E-state index >= 15 is 4.39 Å². The van der Waals surface area contributed by atoms with E-state index in [1.807, 2.05) is 30.3 Å². The van der Waals surface area contributed by atoms with Gasteiger partial charge in [-0.3, -0.25) is 29.0 Å². The van der Waals surface area contributed by atoms with E-state index in [4.69, 9.17) is 18.5 Å². The van der Waals surface area contributed by atoms with Crippen LogP contribution >= 0.6 is 19.4 Å². The first-order valence-corrected chi connectivity index (χ1v) is 17.0. The third kappa shape index (κ3) is 7.39. The molecule has 46 heavy (non-hydrogen) atoms. The fourth-order valence-electron chi connectivity index (χ4n) is 5.00. The number of nitrogens with zero attached hydrogens (tertiary/aromatic N) is 3. The number of carbonyl (C=O) groups excluding carboxylic acids is 2. The van der Waals surface area contributed by atoms with Gasteiger partial charge >= 0.3 is 13.6 Å². The van der Waals surface area contributed by atoms with Crippen molar-refractivity contribution < 1.29 is 37.1 Å². The first kappa shape index (κ1) is 33.5. The molecule has 244 valence electrons. The number of fused-ring (bicyclic) bond motifs is 1. The molecule has 5 rings (SSSR count). The first-order chi connectivity index (χ1) is 22.1. The summed E-state index contributed by atoms with van der Waals surface area (Å²) in [5.41, 5.74) is -0.634. The Morgan fingerprint density at radius 3 is 2.39 bits per heavy atom. The Hall–Kier alpha value is -3.88. The summed E-state index contributed by atoms with van der Waals surface area (Å²) in [5, 5.41) is 2.41. The number of anilines is 1. The number of halogens is 1. The number of nitrogens with one attached hydrogen (secondary N) is 2. The van der Waals surface area contributed by atoms with Crippen LogP contribution in [-0.2, 0) is 27.9 Å². The number of esters is 1. The smallest absolute Gasteiger partial charge is 0.343 e. The van der Waals surface area contributed by atoms with Crippen molar-refractivity contribution in [1.82, 2.24) is 19.5 Å². The molecule has 2 aromatic heterocycles. The van der Waals surface area contributed by atoms with Crippen LogP contribution in [0.25, 0.3) is 11.2 Å². The zero-order chi connectivity index (χ0) is 32.8. The Labute approximate surface area is 267 Å². The molecule has 0 radical (unpaired) electrons. The molecule has 2 aromatic carbocycles. The van der Waals surface area contributed by atoms with Crippen LogP contribution in [0.4, 0.5) is 10.3 Å². The van der Waals surface area contributed by atoms with Crippen molar-refractivity contribution in [3.8, 4) is 0 Å². The molecule has 2 N–H and O–H groups in total. The number of rotatable bonds is 13. The second-order valence-electron chi connectivity index (χ2n) is 10.2. The average molecular weight is 674 g/mol. The topological polar surface area (TPSA) is 164 Å². The van der Waals surface area contributed by atoms with Crippen LogP contribution in [0, 0.1) is 0 Å². The number of thioether (sulfide) groups is 1. The lowest BCUT2D eigenvalue weighted by Crippen LogP contribution is -2.34. The van der Waals surface area contributed by atoms with Crippen LogP contribution < -0.4 is 10.9 Å². The molecule has 1 aliphatic rings. The fraction of sp³-hybridized carbons (Fsp3) is 0.367. The SMILES string of the molecule is CCOP(=O)(OCC)C(CC1OC(n2cnc3c(=O)[nH]c(NC(C)=O)nc32)C(OC(=O)c2ccccc2)C1F)Sc1ccccc1. The molecule has 3 heterocycles. The summed E-state index contributed by atoms with van der Waals surface area (Å²) in [6, 6.07) is 17.2. The molecule has 0 spiro atoms. The molecule has 16 heteroatoms. The van der Waals surface area contributed by atoms with Gasteiger partial charge in [-0.05, 0) is 38.1 Å². The van der Waals surface area contributed by atoms with Gasteiger partial charge in [-0.25, -0.2) is 14.2 Å². The van der Waals surface area contributed by atoms with Crippen LogP contribution in [-0.4, -0.2) is 68.0 Å². The summed E-state index contributed by atoms with van der Waals surface area (Å²) in [6.07, 6.45) is -5.04. The molecule has 0 bridgehead atoms. The van der Waals surface area contributed by atoms with E-state index < -0.39 is 54.6 Å². The number of benzene rings is 2. The summed E-state index contributed by atoms with van der Waals surface area (Å²) in [5.74, 6) is -1.45. The Bertz CT molecular complexity index is 1770. The number of H-pyrrole nitrogens is 1. The van der Waals surface area contributed by atoms with Gasteiger partial charge in [-0.1, -0.05) is 36.4 Å². The summed E-state index contributed by atoms with van der Waals surface area (Å²) >= 11 is 1.20. The van der Waals surface area contributed by atoms with Gasteiger partial charge in [-0.2, -0.15) is 4.98 Å². The Morgan fingerprint density at radius 1 is 1.11 bits per heavy atom. The highest BCUT2D eigenvalue weighted by Crippen LogP contribution is 2.60. The number of aromatic amines is 1. The van der Waals surface area contributed by atoms with Crippen molar-refractivity contribution in [1.29, 1.82) is 0 Å². The van der Waals surface area contributed by atoms with Crippen LogP contribution in [0.5, 0.6) is 0 Å². The predicted octanol–water partition coefficient (Wildman–Crippen LogP) is 5.31. The van der Waals surface area contributed by atoms with Gasteiger partial charge < -0.3 is 18.5 Å². The van der Waals surface area contributed by atoms with E-state index in [2.05, 4.69) is 20.3 Å². The fourth-order valence-corrected chi connectivity index (χ4v) is 8.75. The van der Waals surface area contributed by atoms with E-state index in [1.54, 1.807) is 32.0 Å². The van der Waals surface area contributed by atoms with Crippen molar-refractivity contribution in [2.75, 3.05) is 18.5 Å². The quantitative estimate of drug-likeness (QED) is 0.107. The molecular weight excluding hydrogens is 640 g/mol. The Morgan fingerprint density at radius 2 is 1.76 bits per heavy atom. The third-order valence-electron chi connectivity index (χ3n) is 6.94. The Balaban J connectivity index is 1.54. The van der Waals surface area contributed by atoms with Gasteiger partial charge in [0.25, 0.3) is 5.56 Å². The zero-order valence-corrected chi connectivity index (χ0v) is 26.9. The second-order valence-corrected chi connectivity index (χ2v) is 14.0. The molecule has 1 fully saturated rings. The maximum Gasteiger partial charge on any atom is 0.343 e. The van der Waals surface area contributed by atoms with Gasteiger partial charge in [0.2, 0.25) is 11.9 Å². The van der Waals surface area contributed by atoms with E-state index in [-0.39, 0.29) is 42.3 Å². The number of hydrogen-bond donors (Lipinski definition) is 2. The standard InChI is InChI=1S/C30H33FN5O8PS/c1-4-41-45(40,42-5-2)22(46-20-14-10-7-11-15-20)16-21-23(31)25(44-29(39)19-12-8-6-9-13-19)28(43-21)36-17-32-24-26(36)34-30(33-18(3)37)35-27(24)38/h6-15,17,21-23,25,28H,4-5,16H2,1-3H3,(H2,33,34,35,37,38). The highest BCUT2D eigenvalue weighted by atomic mass is 32.2. The summed E-state index contributed by atoms with van der Waals surface area (Å²) in [6.45, 7) is 4.79. The molecule has 13 nitrogen and oxygen atoms in total. The van der Waals surface area contributed by atoms with Crippen molar-refractivity contribution in [3.05, 3.63) is 82.9 Å². The lowest BCUT2D eigenvalue weighted by molar-refractivity contribution is -0.114. The van der Waals surface area contributed by atoms with Gasteiger partial charge in [0.15, 0.2) is 29.7 Å². The lowest BCUT2D eigenvalue weighted by Gasteiger charge is -2.28. The normalized spacial score (nSPS) is 20.4. The predicted molar refractivity (Wildman–Crippen MR) is 168 cm³/mol. The molecule has 1 amide bonds. The highest BCUT2D eigenvalue weighted by molar-refractivity contribution is 8.05. The number of imidazole rings is 1. The van der Waals surface area contributed by atoms with E-state index in [1.165, 1.54) is 41.7 Å². The van der Waals surface area contributed by atoms with E-state index in [0.29, 0.717) is 0 Å². The third-order valence-corrected chi connectivity index (χ3v) is 11.2. The molecule has 0 aliphatic carbocycles. The van der Waals surface area contributed by atoms with Crippen molar-refractivity contribution in [3.63, 3.8) is 0 Å². The number of ether oxygens (including phenoxy) is 2. The minimum atomic E-state index is -3.82. The highest BCUT2D eigenvalue weighted by Gasteiger charge is 2.52. The minimum absolute atomic E-state index is 0.0457.